The molecule has 0 amide bonds. The Morgan fingerprint density at radius 3 is 1.96 bits per heavy atom. The van der Waals surface area contributed by atoms with Crippen LogP contribution in [0.1, 0.15) is 45.7 Å². The molecule has 0 fully saturated rings. The van der Waals surface area contributed by atoms with Crippen molar-refractivity contribution >= 4 is 32.5 Å². The summed E-state index contributed by atoms with van der Waals surface area (Å²) < 4.78 is 3.64. The first-order valence-electron chi connectivity index (χ1n) is 19.3. The molecular formula is C52H45IrN3S-2. The summed E-state index contributed by atoms with van der Waals surface area (Å²) in [7, 11) is 0. The fraction of sp³-hybridized carbons (Fsp3) is 0.154. The first-order chi connectivity index (χ1) is 27.2. The first kappa shape index (κ1) is 39.8. The minimum Gasteiger partial charge on any atom is -0.332 e. The fourth-order valence-corrected chi connectivity index (χ4v) is 8.09. The molecule has 9 rings (SSSR count). The third kappa shape index (κ3) is 8.62. The molecule has 0 saturated heterocycles. The van der Waals surface area contributed by atoms with Gasteiger partial charge >= 0.3 is 0 Å². The van der Waals surface area contributed by atoms with Gasteiger partial charge in [0.1, 0.15) is 0 Å². The molecule has 0 spiro atoms. The summed E-state index contributed by atoms with van der Waals surface area (Å²) in [4.78, 5) is 9.57. The minimum atomic E-state index is -0.0322. The van der Waals surface area contributed by atoms with Crippen molar-refractivity contribution in [1.82, 2.24) is 14.5 Å². The van der Waals surface area contributed by atoms with Crippen LogP contribution in [0.25, 0.3) is 71.7 Å². The maximum atomic E-state index is 5.35. The minimum absolute atomic E-state index is 0. The number of aromatic nitrogens is 3. The molecule has 5 heteroatoms. The van der Waals surface area contributed by atoms with Crippen LogP contribution < -0.4 is 0 Å². The zero-order valence-corrected chi connectivity index (χ0v) is 36.2. The third-order valence-corrected chi connectivity index (χ3v) is 10.9. The van der Waals surface area contributed by atoms with Crippen LogP contribution in [0.4, 0.5) is 0 Å². The average molecular weight is 936 g/mol. The second-order valence-electron chi connectivity index (χ2n) is 15.7. The van der Waals surface area contributed by atoms with E-state index < -0.39 is 0 Å². The monoisotopic (exact) mass is 936 g/mol. The van der Waals surface area contributed by atoms with Gasteiger partial charge in [-0.05, 0) is 70.5 Å². The van der Waals surface area contributed by atoms with Gasteiger partial charge in [-0.3, -0.25) is 16.3 Å². The number of benzene rings is 6. The number of rotatable bonds is 7. The largest absolute Gasteiger partial charge is 0.332 e. The Morgan fingerprint density at radius 1 is 0.702 bits per heavy atom. The number of hydrogen-bond acceptors (Lipinski definition) is 3. The number of thiophene rings is 1. The zero-order chi connectivity index (χ0) is 38.6. The number of pyridine rings is 1. The average Bonchev–Trinajstić information content (AvgIpc) is 3.82. The van der Waals surface area contributed by atoms with E-state index in [1.165, 1.54) is 43.5 Å². The molecule has 0 aliphatic heterocycles. The van der Waals surface area contributed by atoms with Crippen LogP contribution in [0.2, 0.25) is 0 Å². The van der Waals surface area contributed by atoms with Gasteiger partial charge in [-0.2, -0.15) is 0 Å². The van der Waals surface area contributed by atoms with E-state index in [-0.39, 0.29) is 25.5 Å². The van der Waals surface area contributed by atoms with Crippen molar-refractivity contribution in [2.24, 2.45) is 5.92 Å². The molecule has 57 heavy (non-hydrogen) atoms. The Balaban J connectivity index is 0.000000326. The van der Waals surface area contributed by atoms with Crippen LogP contribution in [0.5, 0.6) is 0 Å². The van der Waals surface area contributed by atoms with Crippen LogP contribution >= 0.6 is 11.3 Å². The normalized spacial score (nSPS) is 11.3. The van der Waals surface area contributed by atoms with E-state index in [1.54, 1.807) is 17.5 Å². The molecule has 6 aromatic carbocycles. The van der Waals surface area contributed by atoms with E-state index in [4.69, 9.17) is 4.98 Å². The predicted octanol–water partition coefficient (Wildman–Crippen LogP) is 14.1. The van der Waals surface area contributed by atoms with Crippen LogP contribution in [-0.2, 0) is 31.9 Å². The molecule has 0 unspecified atom stereocenters. The van der Waals surface area contributed by atoms with Gasteiger partial charge in [0.25, 0.3) is 0 Å². The van der Waals surface area contributed by atoms with Crippen molar-refractivity contribution in [3.63, 3.8) is 0 Å². The van der Waals surface area contributed by atoms with Crippen LogP contribution in [0.15, 0.2) is 164 Å². The SMILES string of the molecule is CC(C)Cc1ccc2s[c-]c(-c3nc4ccccc4n3-c3c(-c4ccccc4)cc(C(C)(C)C)cc3-c3ccccc3)c2c1.[Ir].[c-]1ccccc1-c1ccccn1. The molecular weight excluding hydrogens is 891 g/mol. The molecule has 3 heterocycles. The molecule has 9 aromatic rings. The van der Waals surface area contributed by atoms with Crippen LogP contribution in [-0.4, -0.2) is 14.5 Å². The molecule has 0 aliphatic rings. The number of imidazole rings is 1. The van der Waals surface area contributed by atoms with Crippen LogP contribution in [0, 0.1) is 17.4 Å². The van der Waals surface area contributed by atoms with Gasteiger partial charge in [0.15, 0.2) is 0 Å². The summed E-state index contributed by atoms with van der Waals surface area (Å²) in [5.41, 5.74) is 13.7. The van der Waals surface area contributed by atoms with Gasteiger partial charge in [-0.25, -0.2) is 0 Å². The van der Waals surface area contributed by atoms with Crippen LogP contribution in [0.3, 0.4) is 0 Å². The summed E-state index contributed by atoms with van der Waals surface area (Å²) in [6.45, 7) is 11.4. The van der Waals surface area contributed by atoms with Gasteiger partial charge in [-0.15, -0.1) is 47.3 Å². The zero-order valence-electron chi connectivity index (χ0n) is 33.0. The molecule has 285 valence electrons. The van der Waals surface area contributed by atoms with Crippen molar-refractivity contribution in [3.8, 4) is 50.6 Å². The molecule has 0 saturated carbocycles. The van der Waals surface area contributed by atoms with Gasteiger partial charge in [-0.1, -0.05) is 153 Å². The molecule has 0 bridgehead atoms. The van der Waals surface area contributed by atoms with Gasteiger partial charge in [0, 0.05) is 37.4 Å². The summed E-state index contributed by atoms with van der Waals surface area (Å²) in [5.74, 6) is 1.52. The Bertz CT molecular complexity index is 2610. The van der Waals surface area contributed by atoms with E-state index in [9.17, 15) is 0 Å². The molecule has 3 nitrogen and oxygen atoms in total. The number of nitrogens with zero attached hydrogens (tertiary/aromatic N) is 3. The standard InChI is InChI=1S/C41H37N2S.C11H8N.Ir/c1-27(2)22-28-20-21-38-34(23-28)35(26-44-38)40-42-36-18-12-13-19-37(36)43(40)39-32(29-14-8-6-9-15-29)24-31(41(3,4)5)25-33(39)30-16-10-7-11-17-30;1-2-6-10(7-3-1)11-8-4-5-9-12-11;/h6-21,23-25,27H,22H2,1-5H3;1-6,8-9H;/q2*-1;. The number of hydrogen-bond donors (Lipinski definition) is 0. The van der Waals surface area contributed by atoms with E-state index in [0.29, 0.717) is 5.92 Å². The second kappa shape index (κ2) is 17.4. The van der Waals surface area contributed by atoms with Gasteiger partial charge < -0.3 is 9.55 Å². The second-order valence-corrected chi connectivity index (χ2v) is 16.5. The van der Waals surface area contributed by atoms with Crippen molar-refractivity contribution < 1.29 is 20.1 Å². The molecule has 0 aliphatic carbocycles. The summed E-state index contributed by atoms with van der Waals surface area (Å²) in [6.07, 6.45) is 2.84. The Labute approximate surface area is 354 Å². The van der Waals surface area contributed by atoms with E-state index in [1.807, 2.05) is 42.5 Å². The first-order valence-corrected chi connectivity index (χ1v) is 20.1. The molecule has 3 aromatic heterocycles. The topological polar surface area (TPSA) is 30.7 Å². The van der Waals surface area contributed by atoms with Crippen molar-refractivity contribution in [1.29, 1.82) is 0 Å². The molecule has 1 radical (unpaired) electrons. The van der Waals surface area contributed by atoms with Crippen molar-refractivity contribution in [3.05, 3.63) is 186 Å². The van der Waals surface area contributed by atoms with Gasteiger partial charge in [0.2, 0.25) is 0 Å². The van der Waals surface area contributed by atoms with E-state index in [2.05, 4.69) is 171 Å². The fourth-order valence-electron chi connectivity index (χ4n) is 7.27. The molecule has 0 N–H and O–H groups in total. The van der Waals surface area contributed by atoms with Crippen molar-refractivity contribution in [2.75, 3.05) is 0 Å². The number of para-hydroxylation sites is 2. The summed E-state index contributed by atoms with van der Waals surface area (Å²) in [5, 5.41) is 4.91. The Hall–Kier alpha value is -5.45. The van der Waals surface area contributed by atoms with E-state index in [0.717, 1.165) is 45.8 Å². The Morgan fingerprint density at radius 2 is 1.35 bits per heavy atom. The van der Waals surface area contributed by atoms with Gasteiger partial charge in [0.05, 0.1) is 22.5 Å². The van der Waals surface area contributed by atoms with Crippen molar-refractivity contribution in [2.45, 2.75) is 46.5 Å². The smallest absolute Gasteiger partial charge is 0.0774 e. The molecule has 0 atom stereocenters. The quantitative estimate of drug-likeness (QED) is 0.149. The maximum absolute atomic E-state index is 5.35. The number of fused-ring (bicyclic) bond motifs is 2. The predicted molar refractivity (Wildman–Crippen MR) is 237 cm³/mol. The Kier molecular flexibility index (Phi) is 12.1. The van der Waals surface area contributed by atoms with E-state index >= 15 is 0 Å². The summed E-state index contributed by atoms with van der Waals surface area (Å²) in [6, 6.07) is 58.6. The third-order valence-electron chi connectivity index (χ3n) is 10.0. The maximum Gasteiger partial charge on any atom is 0.0774 e. The summed E-state index contributed by atoms with van der Waals surface area (Å²) >= 11 is 1.68.